The number of carbonyl (C=O) groups is 1. The smallest absolute Gasteiger partial charge is 0.264 e. The van der Waals surface area contributed by atoms with Gasteiger partial charge in [-0.25, -0.2) is 14.5 Å². The predicted molar refractivity (Wildman–Crippen MR) is 105 cm³/mol. The summed E-state index contributed by atoms with van der Waals surface area (Å²) < 4.78 is 3.46. The highest BCUT2D eigenvalue weighted by Gasteiger charge is 2.23. The van der Waals surface area contributed by atoms with Crippen LogP contribution in [0.3, 0.4) is 0 Å². The molecule has 4 aromatic rings. The van der Waals surface area contributed by atoms with Crippen LogP contribution in [0.1, 0.15) is 34.8 Å². The maximum Gasteiger partial charge on any atom is 0.264 e. The molecule has 4 heterocycles. The highest BCUT2D eigenvalue weighted by molar-refractivity contribution is 7.20. The lowest BCUT2D eigenvalue weighted by Crippen LogP contribution is -2.30. The summed E-state index contributed by atoms with van der Waals surface area (Å²) in [5, 5.41) is 9.86. The van der Waals surface area contributed by atoms with Gasteiger partial charge in [0.15, 0.2) is 5.65 Å². The third-order valence-electron chi connectivity index (χ3n) is 4.86. The molecule has 0 aliphatic heterocycles. The molecule has 1 amide bonds. The molecule has 8 nitrogen and oxygen atoms in total. The Labute approximate surface area is 160 Å². The quantitative estimate of drug-likeness (QED) is 0.541. The van der Waals surface area contributed by atoms with Crippen LogP contribution in [0.15, 0.2) is 12.4 Å². The van der Waals surface area contributed by atoms with E-state index in [1.165, 1.54) is 11.3 Å². The number of aromatic nitrogens is 6. The lowest BCUT2D eigenvalue weighted by Gasteiger charge is -2.17. The van der Waals surface area contributed by atoms with Crippen molar-refractivity contribution in [3.8, 4) is 11.5 Å². The van der Waals surface area contributed by atoms with E-state index < -0.39 is 0 Å². The summed E-state index contributed by atoms with van der Waals surface area (Å²) in [6.45, 7) is 9.27. The molecule has 140 valence electrons. The molecule has 0 unspecified atom stereocenters. The molecule has 0 saturated carbocycles. The van der Waals surface area contributed by atoms with Gasteiger partial charge in [-0.2, -0.15) is 5.10 Å². The molecule has 0 aliphatic rings. The molecule has 0 aliphatic carbocycles. The van der Waals surface area contributed by atoms with E-state index >= 15 is 0 Å². The average Bonchev–Trinajstić information content (AvgIpc) is 3.31. The number of amides is 1. The second-order valence-electron chi connectivity index (χ2n) is 6.46. The highest BCUT2D eigenvalue weighted by atomic mass is 32.1. The zero-order valence-corrected chi connectivity index (χ0v) is 16.8. The lowest BCUT2D eigenvalue weighted by molar-refractivity contribution is 0.0777. The van der Waals surface area contributed by atoms with Crippen molar-refractivity contribution in [1.82, 2.24) is 34.3 Å². The van der Waals surface area contributed by atoms with Crippen molar-refractivity contribution in [3.05, 3.63) is 28.5 Å². The number of aryl methyl sites for hydroxylation is 3. The van der Waals surface area contributed by atoms with Crippen molar-refractivity contribution in [2.24, 2.45) is 7.05 Å². The molecule has 0 atom stereocenters. The van der Waals surface area contributed by atoms with E-state index in [2.05, 4.69) is 15.2 Å². The maximum atomic E-state index is 12.9. The highest BCUT2D eigenvalue weighted by Crippen LogP contribution is 2.33. The molecule has 0 bridgehead atoms. The van der Waals surface area contributed by atoms with Crippen LogP contribution in [0, 0.1) is 13.8 Å². The minimum atomic E-state index is 0.0405. The first-order valence-corrected chi connectivity index (χ1v) is 9.71. The molecular weight excluding hydrogens is 362 g/mol. The van der Waals surface area contributed by atoms with Crippen LogP contribution in [-0.2, 0) is 7.05 Å². The summed E-state index contributed by atoms with van der Waals surface area (Å²) in [5.41, 5.74) is 3.36. The maximum absolute atomic E-state index is 12.9. The first kappa shape index (κ1) is 17.6. The van der Waals surface area contributed by atoms with Crippen molar-refractivity contribution >= 4 is 33.1 Å². The molecule has 0 fully saturated rings. The van der Waals surface area contributed by atoms with E-state index in [0.29, 0.717) is 29.4 Å². The molecular formula is C18H21N7OS. The summed E-state index contributed by atoms with van der Waals surface area (Å²) in [7, 11) is 1.89. The van der Waals surface area contributed by atoms with Crippen LogP contribution in [0.4, 0.5) is 0 Å². The Morgan fingerprint density at radius 1 is 1.22 bits per heavy atom. The summed E-state index contributed by atoms with van der Waals surface area (Å²) in [6.07, 6.45) is 1.64. The van der Waals surface area contributed by atoms with Gasteiger partial charge in [0.25, 0.3) is 5.91 Å². The van der Waals surface area contributed by atoms with Crippen molar-refractivity contribution in [2.75, 3.05) is 13.1 Å². The fraction of sp³-hybridized carbons (Fsp3) is 0.389. The standard InChI is InChI=1S/C18H21N7OS/c1-6-24(7-2)18(26)14-11(4)13-16-20-15(12-8-10(3)23(5)21-12)22-25(16)9-19-17(13)27-14/h8-9H,6-7H2,1-5H3. The molecule has 0 radical (unpaired) electrons. The fourth-order valence-corrected chi connectivity index (χ4v) is 4.28. The van der Waals surface area contributed by atoms with Crippen molar-refractivity contribution in [1.29, 1.82) is 0 Å². The lowest BCUT2D eigenvalue weighted by atomic mass is 10.2. The van der Waals surface area contributed by atoms with Crippen LogP contribution in [0.25, 0.3) is 27.4 Å². The number of thiophene rings is 1. The first-order chi connectivity index (χ1) is 12.9. The molecule has 4 rings (SSSR count). The monoisotopic (exact) mass is 383 g/mol. The average molecular weight is 383 g/mol. The van der Waals surface area contributed by atoms with Gasteiger partial charge in [-0.15, -0.1) is 16.4 Å². The van der Waals surface area contributed by atoms with Crippen LogP contribution >= 0.6 is 11.3 Å². The Morgan fingerprint density at radius 2 is 1.96 bits per heavy atom. The Balaban J connectivity index is 1.89. The Bertz CT molecular complexity index is 1150. The zero-order chi connectivity index (χ0) is 19.3. The van der Waals surface area contributed by atoms with E-state index in [0.717, 1.165) is 27.2 Å². The SMILES string of the molecule is CCN(CC)C(=O)c1sc2ncn3nc(-c4cc(C)n(C)n4)nc3c2c1C. The molecule has 0 aromatic carbocycles. The van der Waals surface area contributed by atoms with Gasteiger partial charge in [0.2, 0.25) is 5.82 Å². The molecule has 27 heavy (non-hydrogen) atoms. The summed E-state index contributed by atoms with van der Waals surface area (Å²) >= 11 is 1.41. The number of nitrogens with zero attached hydrogens (tertiary/aromatic N) is 7. The Morgan fingerprint density at radius 3 is 2.59 bits per heavy atom. The number of carbonyl (C=O) groups excluding carboxylic acids is 1. The van der Waals surface area contributed by atoms with Crippen LogP contribution in [0.2, 0.25) is 0 Å². The Hall–Kier alpha value is -2.81. The van der Waals surface area contributed by atoms with Crippen molar-refractivity contribution in [3.63, 3.8) is 0 Å². The van der Waals surface area contributed by atoms with Gasteiger partial charge < -0.3 is 4.90 Å². The number of rotatable bonds is 4. The van der Waals surface area contributed by atoms with E-state index in [1.807, 2.05) is 45.7 Å². The molecule has 0 saturated heterocycles. The largest absolute Gasteiger partial charge is 0.338 e. The van der Waals surface area contributed by atoms with E-state index in [9.17, 15) is 4.79 Å². The zero-order valence-electron chi connectivity index (χ0n) is 16.0. The summed E-state index contributed by atoms with van der Waals surface area (Å²) in [4.78, 5) is 25.4. The molecule has 4 aromatic heterocycles. The topological polar surface area (TPSA) is 81.2 Å². The number of hydrogen-bond acceptors (Lipinski definition) is 6. The van der Waals surface area contributed by atoms with Gasteiger partial charge in [0.05, 0.1) is 10.3 Å². The molecule has 9 heteroatoms. The van der Waals surface area contributed by atoms with Gasteiger partial charge in [0, 0.05) is 25.8 Å². The van der Waals surface area contributed by atoms with Gasteiger partial charge in [0.1, 0.15) is 16.9 Å². The number of hydrogen-bond donors (Lipinski definition) is 0. The minimum absolute atomic E-state index is 0.0405. The fourth-order valence-electron chi connectivity index (χ4n) is 3.17. The second-order valence-corrected chi connectivity index (χ2v) is 7.46. The summed E-state index contributed by atoms with van der Waals surface area (Å²) in [6, 6.07) is 1.95. The first-order valence-electron chi connectivity index (χ1n) is 8.89. The van der Waals surface area contributed by atoms with E-state index in [-0.39, 0.29) is 5.91 Å². The normalized spacial score (nSPS) is 11.6. The summed E-state index contributed by atoms with van der Waals surface area (Å²) in [5.74, 6) is 0.592. The Kier molecular flexibility index (Phi) is 4.18. The number of fused-ring (bicyclic) bond motifs is 3. The second kappa shape index (κ2) is 6.41. The minimum Gasteiger partial charge on any atom is -0.338 e. The predicted octanol–water partition coefficient (Wildman–Crippen LogP) is 2.84. The van der Waals surface area contributed by atoms with E-state index in [1.54, 1.807) is 15.5 Å². The third kappa shape index (κ3) is 2.69. The van der Waals surface area contributed by atoms with Crippen molar-refractivity contribution < 1.29 is 4.79 Å². The van der Waals surface area contributed by atoms with Gasteiger partial charge >= 0.3 is 0 Å². The van der Waals surface area contributed by atoms with Crippen LogP contribution in [-0.4, -0.2) is 53.3 Å². The van der Waals surface area contributed by atoms with E-state index in [4.69, 9.17) is 4.98 Å². The van der Waals surface area contributed by atoms with Crippen LogP contribution in [0.5, 0.6) is 0 Å². The van der Waals surface area contributed by atoms with Crippen molar-refractivity contribution in [2.45, 2.75) is 27.7 Å². The van der Waals surface area contributed by atoms with Gasteiger partial charge in [-0.05, 0) is 39.3 Å². The van der Waals surface area contributed by atoms with Crippen LogP contribution < -0.4 is 0 Å². The molecule has 0 spiro atoms. The molecule has 0 N–H and O–H groups in total. The van der Waals surface area contributed by atoms with Gasteiger partial charge in [-0.3, -0.25) is 9.48 Å². The van der Waals surface area contributed by atoms with Gasteiger partial charge in [-0.1, -0.05) is 0 Å². The third-order valence-corrected chi connectivity index (χ3v) is 6.04.